The van der Waals surface area contributed by atoms with E-state index in [1.54, 1.807) is 6.07 Å². The standard InChI is InChI=1S/C13H11F3N2O/c14-13(15,16)10-3-1-9(2-4-10)7-12(19)11-5-6-17-8-18-11/h1-6,8,12,19H,7H2. The van der Waals surface area contributed by atoms with Crippen molar-refractivity contribution >= 4 is 0 Å². The second-order valence-corrected chi connectivity index (χ2v) is 4.05. The zero-order chi connectivity index (χ0) is 13.9. The molecule has 6 heteroatoms. The van der Waals surface area contributed by atoms with Gasteiger partial charge in [0.1, 0.15) is 12.4 Å². The van der Waals surface area contributed by atoms with Gasteiger partial charge in [0.05, 0.1) is 11.3 Å². The molecule has 2 rings (SSSR count). The van der Waals surface area contributed by atoms with E-state index in [2.05, 4.69) is 9.97 Å². The monoisotopic (exact) mass is 268 g/mol. The molecule has 1 heterocycles. The van der Waals surface area contributed by atoms with Gasteiger partial charge in [0.15, 0.2) is 0 Å². The van der Waals surface area contributed by atoms with Gasteiger partial charge in [0, 0.05) is 12.6 Å². The summed E-state index contributed by atoms with van der Waals surface area (Å²) in [7, 11) is 0. The van der Waals surface area contributed by atoms with E-state index < -0.39 is 17.8 Å². The van der Waals surface area contributed by atoms with Gasteiger partial charge in [-0.1, -0.05) is 12.1 Å². The smallest absolute Gasteiger partial charge is 0.386 e. The van der Waals surface area contributed by atoms with Crippen LogP contribution in [0.4, 0.5) is 13.2 Å². The molecular weight excluding hydrogens is 257 g/mol. The van der Waals surface area contributed by atoms with E-state index in [-0.39, 0.29) is 6.42 Å². The van der Waals surface area contributed by atoms with E-state index in [9.17, 15) is 18.3 Å². The first-order valence-electron chi connectivity index (χ1n) is 5.57. The summed E-state index contributed by atoms with van der Waals surface area (Å²) in [6.45, 7) is 0. The minimum absolute atomic E-state index is 0.204. The van der Waals surface area contributed by atoms with Crippen LogP contribution in [0.25, 0.3) is 0 Å². The predicted octanol–water partition coefficient (Wildman–Crippen LogP) is 2.77. The number of aromatic nitrogens is 2. The maximum Gasteiger partial charge on any atom is 0.416 e. The lowest BCUT2D eigenvalue weighted by Gasteiger charge is -2.11. The maximum absolute atomic E-state index is 12.4. The van der Waals surface area contributed by atoms with E-state index >= 15 is 0 Å². The lowest BCUT2D eigenvalue weighted by Crippen LogP contribution is -2.06. The average molecular weight is 268 g/mol. The van der Waals surface area contributed by atoms with Crippen LogP contribution in [-0.4, -0.2) is 15.1 Å². The molecule has 100 valence electrons. The van der Waals surface area contributed by atoms with Gasteiger partial charge in [0.2, 0.25) is 0 Å². The molecule has 3 nitrogen and oxygen atoms in total. The van der Waals surface area contributed by atoms with Gasteiger partial charge in [-0.3, -0.25) is 0 Å². The molecule has 19 heavy (non-hydrogen) atoms. The Balaban J connectivity index is 2.08. The fourth-order valence-corrected chi connectivity index (χ4v) is 1.66. The van der Waals surface area contributed by atoms with E-state index in [4.69, 9.17) is 0 Å². The average Bonchev–Trinajstić information content (AvgIpc) is 2.39. The van der Waals surface area contributed by atoms with Crippen molar-refractivity contribution in [2.45, 2.75) is 18.7 Å². The molecule has 0 radical (unpaired) electrons. The second-order valence-electron chi connectivity index (χ2n) is 4.05. The van der Waals surface area contributed by atoms with Gasteiger partial charge in [-0.25, -0.2) is 9.97 Å². The van der Waals surface area contributed by atoms with Gasteiger partial charge in [-0.15, -0.1) is 0 Å². The number of hydrogen-bond acceptors (Lipinski definition) is 3. The first kappa shape index (κ1) is 13.5. The Morgan fingerprint density at radius 2 is 1.79 bits per heavy atom. The maximum atomic E-state index is 12.4. The Hall–Kier alpha value is -1.95. The molecule has 1 N–H and O–H groups in total. The quantitative estimate of drug-likeness (QED) is 0.931. The minimum Gasteiger partial charge on any atom is -0.386 e. The SMILES string of the molecule is OC(Cc1ccc(C(F)(F)F)cc1)c1ccncn1. The van der Waals surface area contributed by atoms with Gasteiger partial charge in [-0.05, 0) is 23.8 Å². The molecule has 0 saturated heterocycles. The molecule has 0 aliphatic heterocycles. The molecule has 1 aromatic carbocycles. The first-order chi connectivity index (χ1) is 8.97. The van der Waals surface area contributed by atoms with Crippen LogP contribution in [-0.2, 0) is 12.6 Å². The molecule has 1 aromatic heterocycles. The number of aliphatic hydroxyl groups is 1. The van der Waals surface area contributed by atoms with Crippen LogP contribution < -0.4 is 0 Å². The third-order valence-electron chi connectivity index (χ3n) is 2.66. The number of aliphatic hydroxyl groups excluding tert-OH is 1. The molecule has 0 spiro atoms. The van der Waals surface area contributed by atoms with E-state index in [1.807, 2.05) is 0 Å². The number of halogens is 3. The van der Waals surface area contributed by atoms with Crippen LogP contribution in [0.2, 0.25) is 0 Å². The van der Waals surface area contributed by atoms with Crippen molar-refractivity contribution in [2.24, 2.45) is 0 Å². The first-order valence-corrected chi connectivity index (χ1v) is 5.57. The Bertz CT molecular complexity index is 526. The second kappa shape index (κ2) is 5.36. The van der Waals surface area contributed by atoms with Crippen LogP contribution in [0.3, 0.4) is 0 Å². The lowest BCUT2D eigenvalue weighted by atomic mass is 10.0. The summed E-state index contributed by atoms with van der Waals surface area (Å²) in [5, 5.41) is 9.89. The summed E-state index contributed by atoms with van der Waals surface area (Å²) in [6, 6.07) is 6.28. The highest BCUT2D eigenvalue weighted by Crippen LogP contribution is 2.29. The van der Waals surface area contributed by atoms with Crippen molar-refractivity contribution in [3.63, 3.8) is 0 Å². The van der Waals surface area contributed by atoms with E-state index in [1.165, 1.54) is 24.7 Å². The highest BCUT2D eigenvalue weighted by Gasteiger charge is 2.29. The minimum atomic E-state index is -4.34. The van der Waals surface area contributed by atoms with Crippen LogP contribution in [0.15, 0.2) is 42.9 Å². The normalized spacial score (nSPS) is 13.3. The number of nitrogens with zero attached hydrogens (tertiary/aromatic N) is 2. The number of hydrogen-bond donors (Lipinski definition) is 1. The van der Waals surface area contributed by atoms with Gasteiger partial charge in [0.25, 0.3) is 0 Å². The third kappa shape index (κ3) is 3.51. The van der Waals surface area contributed by atoms with Crippen molar-refractivity contribution in [2.75, 3.05) is 0 Å². The molecule has 0 aliphatic carbocycles. The molecular formula is C13H11F3N2O. The van der Waals surface area contributed by atoms with Crippen molar-refractivity contribution < 1.29 is 18.3 Å². The Morgan fingerprint density at radius 3 is 2.32 bits per heavy atom. The fraction of sp³-hybridized carbons (Fsp3) is 0.231. The van der Waals surface area contributed by atoms with Crippen LogP contribution >= 0.6 is 0 Å². The number of benzene rings is 1. The van der Waals surface area contributed by atoms with Gasteiger partial charge < -0.3 is 5.11 Å². The molecule has 0 amide bonds. The van der Waals surface area contributed by atoms with Crippen LogP contribution in [0.5, 0.6) is 0 Å². The number of rotatable bonds is 3. The third-order valence-corrected chi connectivity index (χ3v) is 2.66. The Kier molecular flexibility index (Phi) is 3.80. The lowest BCUT2D eigenvalue weighted by molar-refractivity contribution is -0.137. The van der Waals surface area contributed by atoms with Crippen LogP contribution in [0, 0.1) is 0 Å². The highest BCUT2D eigenvalue weighted by atomic mass is 19.4. The van der Waals surface area contributed by atoms with Crippen LogP contribution in [0.1, 0.15) is 22.9 Å². The predicted molar refractivity (Wildman–Crippen MR) is 62.1 cm³/mol. The van der Waals surface area contributed by atoms with Crippen molar-refractivity contribution in [3.8, 4) is 0 Å². The largest absolute Gasteiger partial charge is 0.416 e. The Labute approximate surface area is 107 Å². The molecule has 0 aliphatic rings. The summed E-state index contributed by atoms with van der Waals surface area (Å²) >= 11 is 0. The van der Waals surface area contributed by atoms with Crippen molar-refractivity contribution in [3.05, 3.63) is 59.7 Å². The summed E-state index contributed by atoms with van der Waals surface area (Å²) in [5.74, 6) is 0. The van der Waals surface area contributed by atoms with Gasteiger partial charge in [-0.2, -0.15) is 13.2 Å². The highest BCUT2D eigenvalue weighted by molar-refractivity contribution is 5.25. The van der Waals surface area contributed by atoms with E-state index in [0.29, 0.717) is 11.3 Å². The molecule has 0 saturated carbocycles. The summed E-state index contributed by atoms with van der Waals surface area (Å²) in [5.41, 5.74) is 0.349. The van der Waals surface area contributed by atoms with Crippen molar-refractivity contribution in [1.82, 2.24) is 9.97 Å². The van der Waals surface area contributed by atoms with Crippen molar-refractivity contribution in [1.29, 1.82) is 0 Å². The molecule has 0 bridgehead atoms. The topological polar surface area (TPSA) is 46.0 Å². The molecule has 1 unspecified atom stereocenters. The summed E-state index contributed by atoms with van der Waals surface area (Å²) in [6.07, 6.45) is -2.19. The van der Waals surface area contributed by atoms with Gasteiger partial charge >= 0.3 is 6.18 Å². The Morgan fingerprint density at radius 1 is 1.11 bits per heavy atom. The molecule has 1 atom stereocenters. The molecule has 2 aromatic rings. The fourth-order valence-electron chi connectivity index (χ4n) is 1.66. The number of alkyl halides is 3. The summed E-state index contributed by atoms with van der Waals surface area (Å²) < 4.78 is 37.1. The van der Waals surface area contributed by atoms with E-state index in [0.717, 1.165) is 12.1 Å². The summed E-state index contributed by atoms with van der Waals surface area (Å²) in [4.78, 5) is 7.62. The molecule has 0 fully saturated rings. The zero-order valence-electron chi connectivity index (χ0n) is 9.80. The zero-order valence-corrected chi connectivity index (χ0v) is 9.80.